The summed E-state index contributed by atoms with van der Waals surface area (Å²) in [5.41, 5.74) is 2.06. The number of aromatic nitrogens is 1. The molecule has 0 amide bonds. The first-order valence-electron chi connectivity index (χ1n) is 8.29. The molecule has 166 valence electrons. The molecule has 0 fully saturated rings. The van der Waals surface area contributed by atoms with Crippen LogP contribution in [0.2, 0.25) is 0 Å². The third-order valence-electron chi connectivity index (χ3n) is 4.15. The highest BCUT2D eigenvalue weighted by Gasteiger charge is 2.65. The van der Waals surface area contributed by atoms with Crippen LogP contribution in [-0.2, 0) is 4.79 Å². The fourth-order valence-corrected chi connectivity index (χ4v) is 3.51. The predicted octanol–water partition coefficient (Wildman–Crippen LogP) is 6.99. The van der Waals surface area contributed by atoms with Gasteiger partial charge in [0, 0.05) is 17.7 Å². The van der Waals surface area contributed by atoms with Crippen molar-refractivity contribution in [2.24, 2.45) is 0 Å². The Kier molecular flexibility index (Phi) is 5.84. The fraction of sp³-hybridized carbons (Fsp3) is 0.105. The van der Waals surface area contributed by atoms with Gasteiger partial charge in [0.05, 0.1) is 31.9 Å². The summed E-state index contributed by atoms with van der Waals surface area (Å²) in [6.45, 7) is 6.95. The van der Waals surface area contributed by atoms with Crippen LogP contribution in [0.5, 0.6) is 0 Å². The lowest BCUT2D eigenvalue weighted by Crippen LogP contribution is -2.12. The first kappa shape index (κ1) is 24.1. The molecule has 0 aliphatic rings. The van der Waals surface area contributed by atoms with Gasteiger partial charge in [-0.25, -0.2) is 9.78 Å². The highest BCUT2D eigenvalue weighted by atomic mass is 32.5. The van der Waals surface area contributed by atoms with Crippen LogP contribution in [0.4, 0.5) is 25.1 Å². The predicted molar refractivity (Wildman–Crippen MR) is 115 cm³/mol. The van der Waals surface area contributed by atoms with Gasteiger partial charge in [-0.05, 0) is 24.6 Å². The second-order valence-corrected chi connectivity index (χ2v) is 9.76. The molecule has 31 heavy (non-hydrogen) atoms. The average molecular weight is 477 g/mol. The van der Waals surface area contributed by atoms with Crippen molar-refractivity contribution < 1.29 is 29.3 Å². The third kappa shape index (κ3) is 5.50. The summed E-state index contributed by atoms with van der Waals surface area (Å²) in [6.07, 6.45) is 2.25. The van der Waals surface area contributed by atoms with Crippen LogP contribution >= 0.6 is 21.6 Å². The Morgan fingerprint density at radius 3 is 2.52 bits per heavy atom. The lowest BCUT2D eigenvalue weighted by molar-refractivity contribution is -0.132. The molecule has 0 unspecified atom stereocenters. The summed E-state index contributed by atoms with van der Waals surface area (Å²) in [7, 11) is -9.81. The average Bonchev–Trinajstić information content (AvgIpc) is 3.13. The Labute approximate surface area is 178 Å². The summed E-state index contributed by atoms with van der Waals surface area (Å²) in [6, 6.07) is 3.34. The fourth-order valence-electron chi connectivity index (χ4n) is 2.37. The number of hydrogen-bond acceptors (Lipinski definition) is 5. The van der Waals surface area contributed by atoms with Gasteiger partial charge >= 0.3 is 16.2 Å². The maximum atomic E-state index is 12.9. The minimum Gasteiger partial charge on any atom is -0.478 e. The number of rotatable bonds is 8. The molecule has 1 aromatic heterocycles. The molecule has 0 bridgehead atoms. The second kappa shape index (κ2) is 7.51. The summed E-state index contributed by atoms with van der Waals surface area (Å²) < 4.78 is 65.1. The van der Waals surface area contributed by atoms with Crippen LogP contribution < -0.4 is 5.32 Å². The number of benzene rings is 1. The molecular formula is C19H16F5N3O2S2. The number of hydrogen-bond donors (Lipinski definition) is 2. The van der Waals surface area contributed by atoms with E-state index in [0.29, 0.717) is 4.70 Å². The van der Waals surface area contributed by atoms with Gasteiger partial charge < -0.3 is 10.4 Å². The quantitative estimate of drug-likeness (QED) is 0.243. The van der Waals surface area contributed by atoms with Crippen molar-refractivity contribution in [1.82, 2.24) is 4.98 Å². The number of carboxylic acids is 1. The molecule has 2 rings (SSSR count). The van der Waals surface area contributed by atoms with Crippen molar-refractivity contribution in [2.45, 2.75) is 6.92 Å². The Hall–Kier alpha value is -3.17. The molecule has 0 aliphatic heterocycles. The van der Waals surface area contributed by atoms with Crippen molar-refractivity contribution >= 4 is 49.0 Å². The zero-order valence-corrected chi connectivity index (χ0v) is 17.6. The van der Waals surface area contributed by atoms with Crippen LogP contribution in [0.3, 0.4) is 0 Å². The molecule has 0 spiro atoms. The van der Waals surface area contributed by atoms with E-state index in [1.54, 1.807) is 0 Å². The minimum absolute atomic E-state index is 0.0432. The number of fused-ring (bicyclic) bond motifs is 1. The molecule has 12 heteroatoms. The number of carboxylic acid groups (broad SMARTS) is 1. The largest absolute Gasteiger partial charge is 0.478 e. The smallest absolute Gasteiger partial charge is 0.332 e. The van der Waals surface area contributed by atoms with Gasteiger partial charge in [0.2, 0.25) is 0 Å². The number of aliphatic carboxylic acids is 1. The summed E-state index contributed by atoms with van der Waals surface area (Å²) in [5.74, 6) is -1.26. The van der Waals surface area contributed by atoms with Crippen LogP contribution in [0.1, 0.15) is 18.1 Å². The monoisotopic (exact) mass is 477 g/mol. The molecule has 1 aromatic carbocycles. The van der Waals surface area contributed by atoms with E-state index < -0.39 is 21.1 Å². The summed E-state index contributed by atoms with van der Waals surface area (Å²) in [4.78, 5) is 13.0. The SMILES string of the molecule is C=C/C(=C\C=C(/C)S(F)(F)(F)(F)F)c1cc(NCC(=C)C(=O)O)c(C#N)c2scnc12. The van der Waals surface area contributed by atoms with Crippen LogP contribution in [0.25, 0.3) is 15.8 Å². The minimum atomic E-state index is -9.81. The molecule has 5 nitrogen and oxygen atoms in total. The zero-order valence-electron chi connectivity index (χ0n) is 16.0. The number of nitriles is 1. The number of nitrogens with zero attached hydrogens (tertiary/aromatic N) is 2. The number of anilines is 1. The maximum Gasteiger partial charge on any atom is 0.332 e. The lowest BCUT2D eigenvalue weighted by atomic mass is 10.00. The Balaban J connectivity index is 2.67. The highest BCUT2D eigenvalue weighted by molar-refractivity contribution is 8.48. The number of nitrogens with one attached hydrogen (secondary N) is 1. The molecule has 0 aliphatic carbocycles. The Morgan fingerprint density at radius 2 is 2.00 bits per heavy atom. The van der Waals surface area contributed by atoms with Crippen molar-refractivity contribution in [3.63, 3.8) is 0 Å². The van der Waals surface area contributed by atoms with Crippen molar-refractivity contribution in [1.29, 1.82) is 5.26 Å². The van der Waals surface area contributed by atoms with Gasteiger partial charge in [-0.2, -0.15) is 5.26 Å². The Bertz CT molecular complexity index is 1210. The van der Waals surface area contributed by atoms with Gasteiger partial charge in [0.1, 0.15) is 6.07 Å². The summed E-state index contributed by atoms with van der Waals surface area (Å²) >= 11 is 1.08. The topological polar surface area (TPSA) is 86.0 Å². The van der Waals surface area contributed by atoms with Crippen LogP contribution in [-0.4, -0.2) is 22.6 Å². The highest BCUT2D eigenvalue weighted by Crippen LogP contribution is 3.02. The maximum absolute atomic E-state index is 12.9. The van der Waals surface area contributed by atoms with Crippen molar-refractivity contribution in [3.05, 3.63) is 64.6 Å². The van der Waals surface area contributed by atoms with Crippen molar-refractivity contribution in [3.8, 4) is 6.07 Å². The van der Waals surface area contributed by atoms with E-state index in [0.717, 1.165) is 23.5 Å². The van der Waals surface area contributed by atoms with E-state index in [9.17, 15) is 29.5 Å². The van der Waals surface area contributed by atoms with Crippen LogP contribution in [0.15, 0.2) is 53.4 Å². The van der Waals surface area contributed by atoms with E-state index >= 15 is 0 Å². The van der Waals surface area contributed by atoms with Gasteiger partial charge in [-0.15, -0.1) is 11.3 Å². The molecule has 0 saturated heterocycles. The van der Waals surface area contributed by atoms with Crippen molar-refractivity contribution in [2.75, 3.05) is 11.9 Å². The normalized spacial score (nSPS) is 15.0. The van der Waals surface area contributed by atoms with Crippen LogP contribution in [0, 0.1) is 11.3 Å². The molecule has 1 heterocycles. The first-order chi connectivity index (χ1) is 14.1. The number of halogens is 5. The first-order valence-corrected chi connectivity index (χ1v) is 11.1. The molecule has 2 aromatic rings. The van der Waals surface area contributed by atoms with Gasteiger partial charge in [0.15, 0.2) is 0 Å². The third-order valence-corrected chi connectivity index (χ3v) is 6.35. The zero-order chi connectivity index (χ0) is 23.7. The molecule has 2 N–H and O–H groups in total. The van der Waals surface area contributed by atoms with Gasteiger partial charge in [-0.1, -0.05) is 44.7 Å². The second-order valence-electron chi connectivity index (χ2n) is 6.32. The summed E-state index contributed by atoms with van der Waals surface area (Å²) in [5, 5.41) is 21.2. The lowest BCUT2D eigenvalue weighted by Gasteiger charge is -2.41. The Morgan fingerprint density at radius 1 is 1.35 bits per heavy atom. The van der Waals surface area contributed by atoms with E-state index in [1.165, 1.54) is 11.6 Å². The van der Waals surface area contributed by atoms with E-state index in [1.807, 2.05) is 6.07 Å². The molecule has 0 atom stereocenters. The number of allylic oxidation sites excluding steroid dienone is 5. The number of carbonyl (C=O) groups is 1. The van der Waals surface area contributed by atoms with Gasteiger partial charge in [-0.3, -0.25) is 0 Å². The van der Waals surface area contributed by atoms with E-state index in [2.05, 4.69) is 23.5 Å². The number of thiazole rings is 1. The van der Waals surface area contributed by atoms with Gasteiger partial charge in [0.25, 0.3) is 0 Å². The molecule has 0 radical (unpaired) electrons. The van der Waals surface area contributed by atoms with E-state index in [4.69, 9.17) is 5.11 Å². The molecule has 0 saturated carbocycles. The standard InChI is InChI=1S/C19H16F5N3O2S2/c1-4-13(6-5-12(3)31(20,21,22,23)24)14-7-16(26-9-11(2)19(28)29)15(8-25)18-17(14)27-10-30-18/h4-7,10,26H,1-2,9H2,3H3,(H,28,29)/b12-5+,13-6+. The molecular weight excluding hydrogens is 461 g/mol. The van der Waals surface area contributed by atoms with E-state index in [-0.39, 0.29) is 53.0 Å².